The van der Waals surface area contributed by atoms with E-state index in [0.29, 0.717) is 42.9 Å². The number of benzene rings is 3. The molecule has 0 unspecified atom stereocenters. The molecule has 0 bridgehead atoms. The summed E-state index contributed by atoms with van der Waals surface area (Å²) in [5, 5.41) is 0. The molecule has 1 saturated heterocycles. The van der Waals surface area contributed by atoms with Gasteiger partial charge in [-0.15, -0.1) is 0 Å². The summed E-state index contributed by atoms with van der Waals surface area (Å²) >= 11 is 0.928. The lowest BCUT2D eigenvalue weighted by atomic mass is 10.1. The van der Waals surface area contributed by atoms with Crippen LogP contribution in [0.1, 0.15) is 11.6 Å². The highest BCUT2D eigenvalue weighted by molar-refractivity contribution is 7.89. The second-order valence-electron chi connectivity index (χ2n) is 8.12. The van der Waals surface area contributed by atoms with Crippen LogP contribution in [0.15, 0.2) is 77.7 Å². The number of sulfonamides is 1. The lowest BCUT2D eigenvalue weighted by molar-refractivity contribution is -0.133. The second kappa shape index (κ2) is 9.68. The molecule has 1 aliphatic rings. The Kier molecular flexibility index (Phi) is 6.46. The molecule has 4 aromatic rings. The van der Waals surface area contributed by atoms with E-state index in [-0.39, 0.29) is 22.1 Å². The van der Waals surface area contributed by atoms with E-state index in [9.17, 15) is 17.6 Å². The van der Waals surface area contributed by atoms with E-state index in [1.165, 1.54) is 12.1 Å². The number of hydrogen-bond acceptors (Lipinski definition) is 7. The molecule has 8 nitrogen and oxygen atoms in total. The van der Waals surface area contributed by atoms with Crippen molar-refractivity contribution >= 4 is 44.4 Å². The normalized spacial score (nSPS) is 15.3. The molecule has 1 amide bonds. The molecule has 180 valence electrons. The van der Waals surface area contributed by atoms with Crippen LogP contribution < -0.4 is 9.62 Å². The maximum atomic E-state index is 14.2. The predicted molar refractivity (Wildman–Crippen MR) is 132 cm³/mol. The Balaban J connectivity index is 1.40. The smallest absolute Gasteiger partial charge is 0.245 e. The number of para-hydroxylation sites is 1. The first-order valence-electron chi connectivity index (χ1n) is 11.0. The van der Waals surface area contributed by atoms with Crippen molar-refractivity contribution in [2.75, 3.05) is 31.1 Å². The number of carbonyl (C=O) groups excluding carboxylic acids is 1. The van der Waals surface area contributed by atoms with Gasteiger partial charge in [0.05, 0.1) is 17.4 Å². The Morgan fingerprint density at radius 2 is 1.63 bits per heavy atom. The first kappa shape index (κ1) is 23.3. The van der Waals surface area contributed by atoms with Crippen LogP contribution in [0.4, 0.5) is 10.1 Å². The molecular weight excluding hydrogens is 489 g/mol. The van der Waals surface area contributed by atoms with Crippen molar-refractivity contribution in [3.8, 4) is 0 Å². The zero-order chi connectivity index (χ0) is 24.4. The minimum absolute atomic E-state index is 0.0261. The maximum Gasteiger partial charge on any atom is 0.245 e. The van der Waals surface area contributed by atoms with Crippen LogP contribution in [0.2, 0.25) is 0 Å². The Hall–Kier alpha value is -3.41. The van der Waals surface area contributed by atoms with Gasteiger partial charge in [-0.2, -0.15) is 13.5 Å². The highest BCUT2D eigenvalue weighted by Crippen LogP contribution is 2.26. The highest BCUT2D eigenvalue weighted by Gasteiger charge is 2.33. The summed E-state index contributed by atoms with van der Waals surface area (Å²) in [6.07, 6.45) is 0. The van der Waals surface area contributed by atoms with Crippen LogP contribution in [-0.2, 0) is 14.8 Å². The quantitative estimate of drug-likeness (QED) is 0.427. The number of hydrogen-bond donors (Lipinski definition) is 1. The third-order valence-corrected chi connectivity index (χ3v) is 7.97. The van der Waals surface area contributed by atoms with Crippen LogP contribution in [-0.4, -0.2) is 54.2 Å². The fourth-order valence-electron chi connectivity index (χ4n) is 4.18. The Labute approximate surface area is 206 Å². The van der Waals surface area contributed by atoms with E-state index in [0.717, 1.165) is 11.7 Å². The number of halogens is 1. The summed E-state index contributed by atoms with van der Waals surface area (Å²) in [5.41, 5.74) is 1.76. The van der Waals surface area contributed by atoms with Crippen LogP contribution in [0.3, 0.4) is 0 Å². The molecule has 3 aromatic carbocycles. The molecule has 1 atom stereocenters. The third kappa shape index (κ3) is 4.75. The molecule has 5 rings (SSSR count). The summed E-state index contributed by atoms with van der Waals surface area (Å²) in [5.74, 6) is -0.676. The molecule has 1 aliphatic heterocycles. The van der Waals surface area contributed by atoms with E-state index in [1.54, 1.807) is 65.6 Å². The summed E-state index contributed by atoms with van der Waals surface area (Å²) in [7, 11) is -4.10. The van der Waals surface area contributed by atoms with Crippen molar-refractivity contribution in [1.29, 1.82) is 0 Å². The SMILES string of the molecule is O=C([C@H](NS(=O)(=O)c1cccc2nsnc12)c1ccccc1)N1CCN(c2ccccc2F)CC1. The summed E-state index contributed by atoms with van der Waals surface area (Å²) < 4.78 is 51.8. The fourth-order valence-corrected chi connectivity index (χ4v) is 6.13. The zero-order valence-corrected chi connectivity index (χ0v) is 20.2. The van der Waals surface area contributed by atoms with Gasteiger partial charge in [-0.3, -0.25) is 4.79 Å². The summed E-state index contributed by atoms with van der Waals surface area (Å²) in [6, 6.07) is 18.9. The number of carbonyl (C=O) groups is 1. The first-order valence-corrected chi connectivity index (χ1v) is 13.2. The molecular formula is C24H22FN5O3S2. The van der Waals surface area contributed by atoms with Gasteiger partial charge in [0.1, 0.15) is 27.8 Å². The van der Waals surface area contributed by atoms with Gasteiger partial charge in [0, 0.05) is 26.2 Å². The van der Waals surface area contributed by atoms with E-state index >= 15 is 0 Å². The van der Waals surface area contributed by atoms with Gasteiger partial charge < -0.3 is 9.80 Å². The Morgan fingerprint density at radius 3 is 2.37 bits per heavy atom. The molecule has 1 fully saturated rings. The van der Waals surface area contributed by atoms with E-state index in [4.69, 9.17) is 0 Å². The zero-order valence-electron chi connectivity index (χ0n) is 18.5. The minimum atomic E-state index is -4.10. The topological polar surface area (TPSA) is 95.5 Å². The van der Waals surface area contributed by atoms with Crippen LogP contribution in [0.25, 0.3) is 11.0 Å². The van der Waals surface area contributed by atoms with Crippen molar-refractivity contribution in [3.05, 3.63) is 84.2 Å². The minimum Gasteiger partial charge on any atom is -0.366 e. The molecule has 2 heterocycles. The van der Waals surface area contributed by atoms with Gasteiger partial charge in [-0.25, -0.2) is 12.8 Å². The molecule has 0 spiro atoms. The fraction of sp³-hybridized carbons (Fsp3) is 0.208. The van der Waals surface area contributed by atoms with Crippen LogP contribution in [0.5, 0.6) is 0 Å². The number of anilines is 1. The van der Waals surface area contributed by atoms with E-state index < -0.39 is 16.1 Å². The van der Waals surface area contributed by atoms with Gasteiger partial charge in [-0.1, -0.05) is 48.5 Å². The molecule has 1 aromatic heterocycles. The van der Waals surface area contributed by atoms with E-state index in [1.807, 2.05) is 4.90 Å². The lowest BCUT2D eigenvalue weighted by Gasteiger charge is -2.37. The number of fused-ring (bicyclic) bond motifs is 1. The third-order valence-electron chi connectivity index (χ3n) is 5.98. The summed E-state index contributed by atoms with van der Waals surface area (Å²) in [4.78, 5) is 17.1. The van der Waals surface area contributed by atoms with Crippen molar-refractivity contribution < 1.29 is 17.6 Å². The number of amides is 1. The molecule has 1 N–H and O–H groups in total. The standard InChI is InChI=1S/C24H22FN5O3S2/c25-18-9-4-5-11-20(18)29-13-15-30(16-14-29)24(31)22(17-7-2-1-3-8-17)28-35(32,33)21-12-6-10-19-23(21)27-34-26-19/h1-12,22,28H,13-16H2/t22-/m1/s1. The number of rotatable bonds is 6. The molecule has 35 heavy (non-hydrogen) atoms. The predicted octanol–water partition coefficient (Wildman–Crippen LogP) is 3.20. The highest BCUT2D eigenvalue weighted by atomic mass is 32.2. The Bertz CT molecular complexity index is 1450. The molecule has 0 aliphatic carbocycles. The number of nitrogens with zero attached hydrogens (tertiary/aromatic N) is 4. The molecule has 0 radical (unpaired) electrons. The second-order valence-corrected chi connectivity index (χ2v) is 10.3. The lowest BCUT2D eigenvalue weighted by Crippen LogP contribution is -2.52. The summed E-state index contributed by atoms with van der Waals surface area (Å²) in [6.45, 7) is 1.54. The van der Waals surface area contributed by atoms with Crippen LogP contribution in [0, 0.1) is 5.82 Å². The van der Waals surface area contributed by atoms with Gasteiger partial charge in [-0.05, 0) is 29.8 Å². The number of piperazine rings is 1. The van der Waals surface area contributed by atoms with Crippen molar-refractivity contribution in [2.45, 2.75) is 10.9 Å². The monoisotopic (exact) mass is 511 g/mol. The van der Waals surface area contributed by atoms with Crippen molar-refractivity contribution in [1.82, 2.24) is 18.4 Å². The maximum absolute atomic E-state index is 14.2. The molecule has 0 saturated carbocycles. The van der Waals surface area contributed by atoms with E-state index in [2.05, 4.69) is 13.5 Å². The van der Waals surface area contributed by atoms with Gasteiger partial charge >= 0.3 is 0 Å². The van der Waals surface area contributed by atoms with Gasteiger partial charge in [0.2, 0.25) is 15.9 Å². The van der Waals surface area contributed by atoms with Crippen molar-refractivity contribution in [3.63, 3.8) is 0 Å². The first-order chi connectivity index (χ1) is 16.9. The van der Waals surface area contributed by atoms with Crippen molar-refractivity contribution in [2.24, 2.45) is 0 Å². The number of aromatic nitrogens is 2. The van der Waals surface area contributed by atoms with Crippen LogP contribution >= 0.6 is 11.7 Å². The van der Waals surface area contributed by atoms with Gasteiger partial charge in [0.15, 0.2) is 0 Å². The average Bonchev–Trinajstić information content (AvgIpc) is 3.37. The molecule has 11 heteroatoms. The number of nitrogens with one attached hydrogen (secondary N) is 1. The average molecular weight is 512 g/mol. The Morgan fingerprint density at radius 1 is 0.914 bits per heavy atom. The van der Waals surface area contributed by atoms with Gasteiger partial charge in [0.25, 0.3) is 0 Å². The largest absolute Gasteiger partial charge is 0.366 e.